The Morgan fingerprint density at radius 3 is 2.56 bits per heavy atom. The molecular formula is C14H13BrFNO. The minimum Gasteiger partial charge on any atom is -0.453 e. The minimum absolute atomic E-state index is 0.208. The Labute approximate surface area is 114 Å². The lowest BCUT2D eigenvalue weighted by Gasteiger charge is -2.11. The van der Waals surface area contributed by atoms with E-state index in [1.165, 1.54) is 0 Å². The Kier molecular flexibility index (Phi) is 3.57. The van der Waals surface area contributed by atoms with Gasteiger partial charge < -0.3 is 10.5 Å². The van der Waals surface area contributed by atoms with E-state index in [1.807, 2.05) is 6.92 Å². The summed E-state index contributed by atoms with van der Waals surface area (Å²) in [6.45, 7) is 3.58. The Bertz CT molecular complexity index is 599. The van der Waals surface area contributed by atoms with Gasteiger partial charge in [-0.3, -0.25) is 0 Å². The zero-order chi connectivity index (χ0) is 13.3. The number of hydrogen-bond donors (Lipinski definition) is 1. The summed E-state index contributed by atoms with van der Waals surface area (Å²) in [5, 5.41) is 0. The molecule has 0 spiro atoms. The van der Waals surface area contributed by atoms with Crippen LogP contribution in [0.5, 0.6) is 11.5 Å². The maximum atomic E-state index is 13.8. The zero-order valence-electron chi connectivity index (χ0n) is 10.1. The van der Waals surface area contributed by atoms with Gasteiger partial charge in [0.25, 0.3) is 0 Å². The van der Waals surface area contributed by atoms with Crippen LogP contribution in [-0.4, -0.2) is 0 Å². The maximum Gasteiger partial charge on any atom is 0.168 e. The van der Waals surface area contributed by atoms with Crippen LogP contribution >= 0.6 is 15.9 Å². The van der Waals surface area contributed by atoms with Crippen molar-refractivity contribution in [3.63, 3.8) is 0 Å². The molecule has 0 atom stereocenters. The van der Waals surface area contributed by atoms with Crippen LogP contribution in [0.2, 0.25) is 0 Å². The van der Waals surface area contributed by atoms with Gasteiger partial charge in [-0.05, 0) is 59.1 Å². The molecule has 0 amide bonds. The van der Waals surface area contributed by atoms with Gasteiger partial charge in [0, 0.05) is 5.69 Å². The van der Waals surface area contributed by atoms with Gasteiger partial charge in [-0.1, -0.05) is 12.1 Å². The van der Waals surface area contributed by atoms with E-state index in [1.54, 1.807) is 37.3 Å². The number of nitrogen functional groups attached to an aromatic ring is 1. The molecule has 0 aliphatic heterocycles. The van der Waals surface area contributed by atoms with E-state index in [4.69, 9.17) is 10.5 Å². The third-order valence-corrected chi connectivity index (χ3v) is 3.32. The van der Waals surface area contributed by atoms with Crippen LogP contribution < -0.4 is 10.5 Å². The van der Waals surface area contributed by atoms with E-state index >= 15 is 0 Å². The molecule has 2 N–H and O–H groups in total. The molecule has 0 saturated carbocycles. The van der Waals surface area contributed by atoms with Crippen molar-refractivity contribution in [1.82, 2.24) is 0 Å². The van der Waals surface area contributed by atoms with Crippen molar-refractivity contribution < 1.29 is 9.13 Å². The summed E-state index contributed by atoms with van der Waals surface area (Å²) in [6.07, 6.45) is 0. The molecule has 0 unspecified atom stereocenters. The maximum absolute atomic E-state index is 13.8. The van der Waals surface area contributed by atoms with Gasteiger partial charge in [-0.2, -0.15) is 0 Å². The molecule has 0 aliphatic rings. The standard InChI is InChI=1S/C14H13BrFNO/c1-8-4-3-5-12(14(8)16)18-13-6-9(2)11(17)7-10(13)15/h3-7H,17H2,1-2H3. The van der Waals surface area contributed by atoms with Crippen molar-refractivity contribution in [2.45, 2.75) is 13.8 Å². The summed E-state index contributed by atoms with van der Waals surface area (Å²) >= 11 is 3.35. The minimum atomic E-state index is -0.348. The number of benzene rings is 2. The van der Waals surface area contributed by atoms with Gasteiger partial charge in [0.1, 0.15) is 5.75 Å². The van der Waals surface area contributed by atoms with Gasteiger partial charge in [0.05, 0.1) is 4.47 Å². The van der Waals surface area contributed by atoms with Crippen LogP contribution in [0.25, 0.3) is 0 Å². The van der Waals surface area contributed by atoms with E-state index in [-0.39, 0.29) is 11.6 Å². The smallest absolute Gasteiger partial charge is 0.168 e. The molecule has 0 heterocycles. The van der Waals surface area contributed by atoms with Gasteiger partial charge in [0.15, 0.2) is 11.6 Å². The van der Waals surface area contributed by atoms with Crippen LogP contribution in [0.1, 0.15) is 11.1 Å². The SMILES string of the molecule is Cc1cc(Oc2cccc(C)c2F)c(Br)cc1N. The van der Waals surface area contributed by atoms with E-state index in [9.17, 15) is 4.39 Å². The molecule has 0 aromatic heterocycles. The van der Waals surface area contributed by atoms with Crippen LogP contribution in [0.15, 0.2) is 34.8 Å². The van der Waals surface area contributed by atoms with Crippen LogP contribution in [-0.2, 0) is 0 Å². The summed E-state index contributed by atoms with van der Waals surface area (Å²) in [7, 11) is 0. The van der Waals surface area contributed by atoms with Gasteiger partial charge in [0.2, 0.25) is 0 Å². The number of ether oxygens (including phenoxy) is 1. The fourth-order valence-electron chi connectivity index (χ4n) is 1.57. The number of halogens is 2. The van der Waals surface area contributed by atoms with Crippen molar-refractivity contribution in [1.29, 1.82) is 0 Å². The molecule has 18 heavy (non-hydrogen) atoms. The predicted octanol–water partition coefficient (Wildman–Crippen LogP) is 4.58. The highest BCUT2D eigenvalue weighted by Crippen LogP contribution is 2.34. The van der Waals surface area contributed by atoms with Gasteiger partial charge in [-0.15, -0.1) is 0 Å². The molecule has 2 rings (SSSR count). The van der Waals surface area contributed by atoms with Crippen molar-refractivity contribution >= 4 is 21.6 Å². The lowest BCUT2D eigenvalue weighted by Crippen LogP contribution is -1.94. The summed E-state index contributed by atoms with van der Waals surface area (Å²) in [5.41, 5.74) is 7.88. The number of nitrogens with two attached hydrogens (primary N) is 1. The Balaban J connectivity index is 2.40. The lowest BCUT2D eigenvalue weighted by molar-refractivity contribution is 0.437. The highest BCUT2D eigenvalue weighted by atomic mass is 79.9. The first-order valence-corrected chi connectivity index (χ1v) is 6.27. The van der Waals surface area contributed by atoms with E-state index in [0.717, 1.165) is 5.56 Å². The quantitative estimate of drug-likeness (QED) is 0.824. The van der Waals surface area contributed by atoms with E-state index < -0.39 is 0 Å². The van der Waals surface area contributed by atoms with E-state index in [2.05, 4.69) is 15.9 Å². The van der Waals surface area contributed by atoms with Gasteiger partial charge >= 0.3 is 0 Å². The predicted molar refractivity (Wildman–Crippen MR) is 74.5 cm³/mol. The summed E-state index contributed by atoms with van der Waals surface area (Å²) < 4.78 is 20.1. The third-order valence-electron chi connectivity index (χ3n) is 2.70. The second-order valence-electron chi connectivity index (χ2n) is 4.13. The molecular weight excluding hydrogens is 297 g/mol. The molecule has 2 aromatic rings. The first-order valence-electron chi connectivity index (χ1n) is 5.47. The van der Waals surface area contributed by atoms with Crippen molar-refractivity contribution in [2.24, 2.45) is 0 Å². The molecule has 0 fully saturated rings. The monoisotopic (exact) mass is 309 g/mol. The fraction of sp³-hybridized carbons (Fsp3) is 0.143. The van der Waals surface area contributed by atoms with Crippen molar-refractivity contribution in [3.05, 3.63) is 51.7 Å². The average Bonchev–Trinajstić information content (AvgIpc) is 2.32. The molecule has 4 heteroatoms. The third kappa shape index (κ3) is 2.48. The molecule has 2 aromatic carbocycles. The van der Waals surface area contributed by atoms with Crippen LogP contribution in [0.3, 0.4) is 0 Å². The summed E-state index contributed by atoms with van der Waals surface area (Å²) in [5.74, 6) is 0.407. The summed E-state index contributed by atoms with van der Waals surface area (Å²) in [6, 6.07) is 8.58. The van der Waals surface area contributed by atoms with Crippen molar-refractivity contribution in [3.8, 4) is 11.5 Å². The van der Waals surface area contributed by atoms with Crippen molar-refractivity contribution in [2.75, 3.05) is 5.73 Å². The zero-order valence-corrected chi connectivity index (χ0v) is 11.7. The number of anilines is 1. The second-order valence-corrected chi connectivity index (χ2v) is 4.98. The van der Waals surface area contributed by atoms with Gasteiger partial charge in [-0.25, -0.2) is 4.39 Å². The molecule has 0 bridgehead atoms. The lowest BCUT2D eigenvalue weighted by atomic mass is 10.2. The molecule has 0 saturated heterocycles. The molecule has 2 nitrogen and oxygen atoms in total. The first kappa shape index (κ1) is 12.9. The number of aryl methyl sites for hydroxylation is 2. The Morgan fingerprint density at radius 1 is 1.11 bits per heavy atom. The average molecular weight is 310 g/mol. The molecule has 94 valence electrons. The summed E-state index contributed by atoms with van der Waals surface area (Å²) in [4.78, 5) is 0. The topological polar surface area (TPSA) is 35.2 Å². The normalized spacial score (nSPS) is 10.4. The highest BCUT2D eigenvalue weighted by Gasteiger charge is 2.10. The number of hydrogen-bond acceptors (Lipinski definition) is 2. The first-order chi connectivity index (χ1) is 8.49. The second kappa shape index (κ2) is 4.98. The van der Waals surface area contributed by atoms with Crippen LogP contribution in [0.4, 0.5) is 10.1 Å². The fourth-order valence-corrected chi connectivity index (χ4v) is 2.01. The highest BCUT2D eigenvalue weighted by molar-refractivity contribution is 9.10. The molecule has 0 radical (unpaired) electrons. The van der Waals surface area contributed by atoms with Crippen LogP contribution in [0, 0.1) is 19.7 Å². The Hall–Kier alpha value is -1.55. The Morgan fingerprint density at radius 2 is 1.83 bits per heavy atom. The number of rotatable bonds is 2. The molecule has 0 aliphatic carbocycles. The largest absolute Gasteiger partial charge is 0.453 e. The van der Waals surface area contributed by atoms with E-state index in [0.29, 0.717) is 21.5 Å².